The Morgan fingerprint density at radius 1 is 1.06 bits per heavy atom. The molecule has 0 saturated carbocycles. The highest BCUT2D eigenvalue weighted by atomic mass is 19.4. The summed E-state index contributed by atoms with van der Waals surface area (Å²) in [5.74, 6) is -3.18. The molecule has 32 heavy (non-hydrogen) atoms. The molecule has 1 amide bonds. The Morgan fingerprint density at radius 2 is 1.78 bits per heavy atom. The third-order valence-electron chi connectivity index (χ3n) is 5.17. The minimum Gasteiger partial charge on any atom is -0.436 e. The summed E-state index contributed by atoms with van der Waals surface area (Å²) in [5.41, 5.74) is 4.14. The van der Waals surface area contributed by atoms with Crippen LogP contribution in [0.5, 0.6) is 0 Å². The summed E-state index contributed by atoms with van der Waals surface area (Å²) in [6, 6.07) is 12.0. The first kappa shape index (κ1) is 21.8. The van der Waals surface area contributed by atoms with Gasteiger partial charge in [0.15, 0.2) is 5.58 Å². The van der Waals surface area contributed by atoms with Gasteiger partial charge in [-0.15, -0.1) is 0 Å². The molecule has 3 aromatic rings. The van der Waals surface area contributed by atoms with Crippen LogP contribution in [0.2, 0.25) is 0 Å². The molecular formula is C22H20F3N3O4. The molecule has 1 aromatic heterocycles. The van der Waals surface area contributed by atoms with E-state index in [1.54, 1.807) is 0 Å². The van der Waals surface area contributed by atoms with Crippen LogP contribution >= 0.6 is 0 Å². The zero-order chi connectivity index (χ0) is 22.7. The van der Waals surface area contributed by atoms with Crippen molar-refractivity contribution in [3.8, 4) is 11.5 Å². The van der Waals surface area contributed by atoms with Gasteiger partial charge in [-0.05, 0) is 61.8 Å². The van der Waals surface area contributed by atoms with Crippen molar-refractivity contribution < 1.29 is 32.0 Å². The number of nitrogens with zero attached hydrogens (tertiary/aromatic N) is 2. The van der Waals surface area contributed by atoms with Gasteiger partial charge in [0.25, 0.3) is 5.91 Å². The Kier molecular flexibility index (Phi) is 6.13. The molecule has 0 radical (unpaired) electrons. The van der Waals surface area contributed by atoms with Crippen LogP contribution in [0.15, 0.2) is 46.9 Å². The fraction of sp³-hybridized carbons (Fsp3) is 0.318. The van der Waals surface area contributed by atoms with Gasteiger partial charge >= 0.3 is 12.1 Å². The largest absolute Gasteiger partial charge is 0.493 e. The van der Waals surface area contributed by atoms with Crippen LogP contribution in [0.3, 0.4) is 0 Å². The van der Waals surface area contributed by atoms with E-state index in [2.05, 4.69) is 14.7 Å². The highest BCUT2D eigenvalue weighted by Gasteiger charge is 2.42. The van der Waals surface area contributed by atoms with Crippen molar-refractivity contribution >= 4 is 23.0 Å². The number of nitrogens with one attached hydrogen (secondary N) is 1. The highest BCUT2D eigenvalue weighted by molar-refractivity contribution is 5.97. The van der Waals surface area contributed by atoms with Crippen molar-refractivity contribution in [2.75, 3.05) is 13.1 Å². The molecule has 7 nitrogen and oxygen atoms in total. The van der Waals surface area contributed by atoms with Gasteiger partial charge in [0.1, 0.15) is 5.52 Å². The maximum atomic E-state index is 12.2. The number of carbonyl (C=O) groups is 2. The van der Waals surface area contributed by atoms with E-state index in [0.717, 1.165) is 25.2 Å². The molecule has 2 heterocycles. The van der Waals surface area contributed by atoms with Crippen LogP contribution in [0.4, 0.5) is 13.2 Å². The smallest absolute Gasteiger partial charge is 0.436 e. The Labute approximate surface area is 181 Å². The number of aromatic nitrogens is 1. The first-order chi connectivity index (χ1) is 15.3. The van der Waals surface area contributed by atoms with Crippen LogP contribution in [-0.2, 0) is 16.2 Å². The van der Waals surface area contributed by atoms with Crippen LogP contribution < -0.4 is 5.48 Å². The maximum Gasteiger partial charge on any atom is 0.493 e. The second-order valence-corrected chi connectivity index (χ2v) is 7.55. The molecule has 4 rings (SSSR count). The normalized spacial score (nSPS) is 15.0. The van der Waals surface area contributed by atoms with Gasteiger partial charge in [-0.25, -0.2) is 9.78 Å². The molecule has 0 bridgehead atoms. The lowest BCUT2D eigenvalue weighted by Gasteiger charge is -2.26. The summed E-state index contributed by atoms with van der Waals surface area (Å²) in [6.07, 6.45) is -1.46. The number of halogens is 3. The summed E-state index contributed by atoms with van der Waals surface area (Å²) in [4.78, 5) is 33.2. The van der Waals surface area contributed by atoms with Gasteiger partial charge < -0.3 is 9.25 Å². The number of carbonyl (C=O) groups excluding carboxylic acids is 2. The summed E-state index contributed by atoms with van der Waals surface area (Å²) in [6.45, 7) is 3.11. The summed E-state index contributed by atoms with van der Waals surface area (Å²) < 4.78 is 42.2. The summed E-state index contributed by atoms with van der Waals surface area (Å²) in [7, 11) is 0. The number of alkyl halides is 3. The molecule has 2 aromatic carbocycles. The number of hydrogen-bond acceptors (Lipinski definition) is 6. The molecule has 0 atom stereocenters. The number of fused-ring (bicyclic) bond motifs is 1. The first-order valence-electron chi connectivity index (χ1n) is 10.1. The quantitative estimate of drug-likeness (QED) is 0.603. The molecule has 0 aliphatic carbocycles. The number of oxazole rings is 1. The number of piperidine rings is 1. The van der Waals surface area contributed by atoms with Gasteiger partial charge in [-0.1, -0.05) is 18.6 Å². The van der Waals surface area contributed by atoms with E-state index in [9.17, 15) is 22.8 Å². The molecule has 1 fully saturated rings. The lowest BCUT2D eigenvalue weighted by atomic mass is 10.1. The van der Waals surface area contributed by atoms with Crippen LogP contribution in [0.25, 0.3) is 22.6 Å². The highest BCUT2D eigenvalue weighted by Crippen LogP contribution is 2.26. The van der Waals surface area contributed by atoms with Crippen molar-refractivity contribution in [3.05, 3.63) is 53.6 Å². The second kappa shape index (κ2) is 8.99. The number of benzene rings is 2. The molecule has 1 saturated heterocycles. The zero-order valence-electron chi connectivity index (χ0n) is 16.9. The van der Waals surface area contributed by atoms with E-state index in [4.69, 9.17) is 4.42 Å². The fourth-order valence-electron chi connectivity index (χ4n) is 3.53. The predicted molar refractivity (Wildman–Crippen MR) is 108 cm³/mol. The monoisotopic (exact) mass is 447 g/mol. The number of amides is 1. The van der Waals surface area contributed by atoms with Gasteiger partial charge in [0.2, 0.25) is 5.89 Å². The Morgan fingerprint density at radius 3 is 2.47 bits per heavy atom. The zero-order valence-corrected chi connectivity index (χ0v) is 16.9. The molecule has 1 aliphatic heterocycles. The predicted octanol–water partition coefficient (Wildman–Crippen LogP) is 4.23. The van der Waals surface area contributed by atoms with E-state index in [1.165, 1.54) is 48.5 Å². The van der Waals surface area contributed by atoms with Gasteiger partial charge in [0, 0.05) is 17.7 Å². The van der Waals surface area contributed by atoms with Gasteiger partial charge in [-0.3, -0.25) is 9.69 Å². The maximum absolute atomic E-state index is 12.2. The SMILES string of the molecule is O=C(NOC(=O)C(F)(F)F)c1ccc2oc(-c3ccc(CN4CCCCC4)cc3)nc2c1. The topological polar surface area (TPSA) is 84.7 Å². The van der Waals surface area contributed by atoms with Crippen molar-refractivity contribution in [2.24, 2.45) is 0 Å². The van der Waals surface area contributed by atoms with E-state index in [0.29, 0.717) is 17.0 Å². The second-order valence-electron chi connectivity index (χ2n) is 7.55. The van der Waals surface area contributed by atoms with E-state index in [1.807, 2.05) is 24.3 Å². The minimum atomic E-state index is -5.21. The Bertz CT molecular complexity index is 1120. The van der Waals surface area contributed by atoms with Crippen LogP contribution in [0.1, 0.15) is 35.2 Å². The number of hydroxylamine groups is 1. The molecule has 1 aliphatic rings. The standard InChI is InChI=1S/C22H20F3N3O4/c23-22(24,25)21(30)32-27-19(29)16-8-9-18-17(12-16)26-20(31-18)15-6-4-14(5-7-15)13-28-10-2-1-3-11-28/h4-9,12H,1-3,10-11,13H2,(H,27,29). The molecule has 0 unspecified atom stereocenters. The molecule has 168 valence electrons. The van der Waals surface area contributed by atoms with Crippen molar-refractivity contribution in [1.29, 1.82) is 0 Å². The Balaban J connectivity index is 1.44. The molecule has 0 spiro atoms. The van der Waals surface area contributed by atoms with Crippen molar-refractivity contribution in [3.63, 3.8) is 0 Å². The lowest BCUT2D eigenvalue weighted by molar-refractivity contribution is -0.204. The van der Waals surface area contributed by atoms with E-state index < -0.39 is 18.1 Å². The number of rotatable bonds is 4. The fourth-order valence-corrected chi connectivity index (χ4v) is 3.53. The third kappa shape index (κ3) is 5.08. The number of likely N-dealkylation sites (tertiary alicyclic amines) is 1. The van der Waals surface area contributed by atoms with Crippen molar-refractivity contribution in [2.45, 2.75) is 32.0 Å². The minimum absolute atomic E-state index is 0.0378. The third-order valence-corrected chi connectivity index (χ3v) is 5.17. The Hall–Kier alpha value is -3.40. The van der Waals surface area contributed by atoms with Crippen LogP contribution in [0, 0.1) is 0 Å². The van der Waals surface area contributed by atoms with Crippen LogP contribution in [-0.4, -0.2) is 41.0 Å². The molecule has 1 N–H and O–H groups in total. The van der Waals surface area contributed by atoms with E-state index in [-0.39, 0.29) is 5.56 Å². The molecule has 10 heteroatoms. The average molecular weight is 447 g/mol. The summed E-state index contributed by atoms with van der Waals surface area (Å²) in [5, 5.41) is 0. The average Bonchev–Trinajstić information content (AvgIpc) is 3.21. The van der Waals surface area contributed by atoms with Gasteiger partial charge in [0.05, 0.1) is 0 Å². The number of hydrogen-bond donors (Lipinski definition) is 1. The van der Waals surface area contributed by atoms with Crippen molar-refractivity contribution in [1.82, 2.24) is 15.4 Å². The summed E-state index contributed by atoms with van der Waals surface area (Å²) >= 11 is 0. The first-order valence-corrected chi connectivity index (χ1v) is 10.1. The van der Waals surface area contributed by atoms with E-state index >= 15 is 0 Å². The molecular weight excluding hydrogens is 427 g/mol. The van der Waals surface area contributed by atoms with Gasteiger partial charge in [-0.2, -0.15) is 18.7 Å². The lowest BCUT2D eigenvalue weighted by Crippen LogP contribution is -2.34.